The van der Waals surface area contributed by atoms with Crippen molar-refractivity contribution < 1.29 is 5.11 Å². The van der Waals surface area contributed by atoms with Gasteiger partial charge in [0.05, 0.1) is 5.69 Å². The number of phenols is 1. The van der Waals surface area contributed by atoms with Gasteiger partial charge in [-0.25, -0.2) is 0 Å². The fourth-order valence-electron chi connectivity index (χ4n) is 1.47. The summed E-state index contributed by atoms with van der Waals surface area (Å²) in [4.78, 5) is 0. The lowest BCUT2D eigenvalue weighted by molar-refractivity contribution is 0.477. The van der Waals surface area contributed by atoms with E-state index in [1.54, 1.807) is 12.1 Å². The van der Waals surface area contributed by atoms with E-state index < -0.39 is 0 Å². The molecule has 0 aliphatic carbocycles. The first-order valence-electron chi connectivity index (χ1n) is 4.52. The highest BCUT2D eigenvalue weighted by molar-refractivity contribution is 9.10. The first kappa shape index (κ1) is 10.1. The summed E-state index contributed by atoms with van der Waals surface area (Å²) >= 11 is 3.36. The van der Waals surface area contributed by atoms with Crippen LogP contribution in [0.3, 0.4) is 0 Å². The van der Waals surface area contributed by atoms with Crippen LogP contribution in [0.1, 0.15) is 0 Å². The molecule has 0 aliphatic rings. The number of nitrogens with two attached hydrogens (primary N) is 1. The van der Waals surface area contributed by atoms with E-state index in [9.17, 15) is 5.11 Å². The van der Waals surface area contributed by atoms with Crippen LogP contribution in [-0.4, -0.2) is 5.11 Å². The first-order valence-corrected chi connectivity index (χ1v) is 5.32. The molecule has 0 aromatic heterocycles. The van der Waals surface area contributed by atoms with Gasteiger partial charge in [0.25, 0.3) is 0 Å². The van der Waals surface area contributed by atoms with Crippen molar-refractivity contribution >= 4 is 21.6 Å². The summed E-state index contributed by atoms with van der Waals surface area (Å²) in [5, 5.41) is 9.71. The summed E-state index contributed by atoms with van der Waals surface area (Å²) in [5.41, 5.74) is 8.15. The fraction of sp³-hybridized carbons (Fsp3) is 0. The van der Waals surface area contributed by atoms with Gasteiger partial charge in [0.2, 0.25) is 0 Å². The normalized spacial score (nSPS) is 10.2. The molecule has 2 rings (SSSR count). The Hall–Kier alpha value is -1.48. The first-order chi connectivity index (χ1) is 7.20. The van der Waals surface area contributed by atoms with E-state index >= 15 is 0 Å². The van der Waals surface area contributed by atoms with Crippen molar-refractivity contribution in [3.05, 3.63) is 46.9 Å². The van der Waals surface area contributed by atoms with E-state index in [1.807, 2.05) is 30.3 Å². The van der Waals surface area contributed by atoms with E-state index in [0.29, 0.717) is 5.69 Å². The van der Waals surface area contributed by atoms with E-state index in [4.69, 9.17) is 5.73 Å². The molecule has 0 spiro atoms. The summed E-state index contributed by atoms with van der Waals surface area (Å²) in [6.45, 7) is 0. The van der Waals surface area contributed by atoms with Crippen LogP contribution in [0.5, 0.6) is 5.75 Å². The highest BCUT2D eigenvalue weighted by Gasteiger charge is 2.08. The van der Waals surface area contributed by atoms with Crippen molar-refractivity contribution in [1.29, 1.82) is 0 Å². The average Bonchev–Trinajstić information content (AvgIpc) is 2.23. The molecular formula is C12H10BrNO. The molecule has 15 heavy (non-hydrogen) atoms. The molecular weight excluding hydrogens is 254 g/mol. The summed E-state index contributed by atoms with van der Waals surface area (Å²) in [6.07, 6.45) is 0. The molecule has 2 nitrogen and oxygen atoms in total. The molecule has 0 atom stereocenters. The van der Waals surface area contributed by atoms with E-state index in [2.05, 4.69) is 15.9 Å². The minimum atomic E-state index is 0.238. The van der Waals surface area contributed by atoms with Gasteiger partial charge in [-0.3, -0.25) is 0 Å². The van der Waals surface area contributed by atoms with E-state index in [-0.39, 0.29) is 5.75 Å². The van der Waals surface area contributed by atoms with Crippen LogP contribution in [0.25, 0.3) is 11.1 Å². The zero-order valence-electron chi connectivity index (χ0n) is 7.94. The lowest BCUT2D eigenvalue weighted by atomic mass is 10.0. The molecule has 0 saturated heterocycles. The van der Waals surface area contributed by atoms with Gasteiger partial charge in [-0.2, -0.15) is 0 Å². The second kappa shape index (κ2) is 3.95. The lowest BCUT2D eigenvalue weighted by Crippen LogP contribution is -1.91. The molecule has 76 valence electrons. The van der Waals surface area contributed by atoms with Crippen LogP contribution < -0.4 is 5.73 Å². The predicted molar refractivity (Wildman–Crippen MR) is 65.7 cm³/mol. The molecule has 0 bridgehead atoms. The van der Waals surface area contributed by atoms with Gasteiger partial charge in [-0.15, -0.1) is 0 Å². The highest BCUT2D eigenvalue weighted by Crippen LogP contribution is 2.35. The van der Waals surface area contributed by atoms with Crippen LogP contribution in [0.2, 0.25) is 0 Å². The average molecular weight is 264 g/mol. The fourth-order valence-corrected chi connectivity index (χ4v) is 1.84. The SMILES string of the molecule is Nc1c(Br)cccc1-c1ccccc1O. The number of hydrogen-bond acceptors (Lipinski definition) is 2. The van der Waals surface area contributed by atoms with Gasteiger partial charge >= 0.3 is 0 Å². The Bertz CT molecular complexity index is 497. The Balaban J connectivity index is 2.65. The molecule has 2 aromatic carbocycles. The molecule has 0 fully saturated rings. The number of anilines is 1. The summed E-state index contributed by atoms with van der Waals surface area (Å²) in [5.74, 6) is 0.238. The van der Waals surface area contributed by atoms with Gasteiger partial charge in [0, 0.05) is 15.6 Å². The predicted octanol–water partition coefficient (Wildman–Crippen LogP) is 3.40. The number of hydrogen-bond donors (Lipinski definition) is 2. The van der Waals surface area contributed by atoms with Gasteiger partial charge in [0.15, 0.2) is 0 Å². The molecule has 0 unspecified atom stereocenters. The summed E-state index contributed by atoms with van der Waals surface area (Å²) < 4.78 is 0.836. The molecule has 0 heterocycles. The maximum atomic E-state index is 9.71. The van der Waals surface area contributed by atoms with Crippen molar-refractivity contribution in [2.24, 2.45) is 0 Å². The van der Waals surface area contributed by atoms with Gasteiger partial charge in [-0.1, -0.05) is 30.3 Å². The minimum absolute atomic E-state index is 0.238. The zero-order chi connectivity index (χ0) is 10.8. The topological polar surface area (TPSA) is 46.2 Å². The van der Waals surface area contributed by atoms with Crippen LogP contribution in [0, 0.1) is 0 Å². The number of aromatic hydroxyl groups is 1. The molecule has 3 N–H and O–H groups in total. The number of halogens is 1. The molecule has 0 aliphatic heterocycles. The quantitative estimate of drug-likeness (QED) is 0.775. The summed E-state index contributed by atoms with van der Waals surface area (Å²) in [7, 11) is 0. The number of nitrogen functional groups attached to an aromatic ring is 1. The largest absolute Gasteiger partial charge is 0.507 e. The van der Waals surface area contributed by atoms with E-state index in [0.717, 1.165) is 15.6 Å². The van der Waals surface area contributed by atoms with Crippen molar-refractivity contribution in [2.45, 2.75) is 0 Å². The van der Waals surface area contributed by atoms with Gasteiger partial charge in [-0.05, 0) is 28.1 Å². The number of rotatable bonds is 1. The minimum Gasteiger partial charge on any atom is -0.507 e. The molecule has 3 heteroatoms. The second-order valence-electron chi connectivity index (χ2n) is 3.22. The highest BCUT2D eigenvalue weighted by atomic mass is 79.9. The van der Waals surface area contributed by atoms with Crippen molar-refractivity contribution in [2.75, 3.05) is 5.73 Å². The van der Waals surface area contributed by atoms with Crippen LogP contribution in [0.4, 0.5) is 5.69 Å². The third-order valence-electron chi connectivity index (χ3n) is 2.25. The van der Waals surface area contributed by atoms with E-state index in [1.165, 1.54) is 0 Å². The Labute approximate surface area is 96.5 Å². The molecule has 2 aromatic rings. The van der Waals surface area contributed by atoms with Crippen LogP contribution >= 0.6 is 15.9 Å². The molecule has 0 saturated carbocycles. The second-order valence-corrected chi connectivity index (χ2v) is 4.07. The third-order valence-corrected chi connectivity index (χ3v) is 2.94. The van der Waals surface area contributed by atoms with Crippen LogP contribution in [0.15, 0.2) is 46.9 Å². The Morgan fingerprint density at radius 2 is 1.60 bits per heavy atom. The Kier molecular flexibility index (Phi) is 2.64. The van der Waals surface area contributed by atoms with Crippen molar-refractivity contribution in [3.8, 4) is 16.9 Å². The monoisotopic (exact) mass is 263 g/mol. The zero-order valence-corrected chi connectivity index (χ0v) is 9.53. The Morgan fingerprint density at radius 1 is 0.933 bits per heavy atom. The number of para-hydroxylation sites is 2. The third kappa shape index (κ3) is 1.83. The summed E-state index contributed by atoms with van der Waals surface area (Å²) in [6, 6.07) is 12.8. The molecule has 0 amide bonds. The number of benzene rings is 2. The standard InChI is InChI=1S/C12H10BrNO/c13-10-6-3-5-9(12(10)14)8-4-1-2-7-11(8)15/h1-7,15H,14H2. The number of phenolic OH excluding ortho intramolecular Hbond substituents is 1. The molecule has 0 radical (unpaired) electrons. The van der Waals surface area contributed by atoms with Crippen LogP contribution in [-0.2, 0) is 0 Å². The van der Waals surface area contributed by atoms with Crippen molar-refractivity contribution in [1.82, 2.24) is 0 Å². The Morgan fingerprint density at radius 3 is 2.33 bits per heavy atom. The van der Waals surface area contributed by atoms with Gasteiger partial charge < -0.3 is 10.8 Å². The smallest absolute Gasteiger partial charge is 0.123 e. The maximum Gasteiger partial charge on any atom is 0.123 e. The lowest BCUT2D eigenvalue weighted by Gasteiger charge is -2.08. The maximum absolute atomic E-state index is 9.71. The van der Waals surface area contributed by atoms with Gasteiger partial charge in [0.1, 0.15) is 5.75 Å². The van der Waals surface area contributed by atoms with Crippen molar-refractivity contribution in [3.63, 3.8) is 0 Å².